The van der Waals surface area contributed by atoms with Crippen LogP contribution < -0.4 is 11.1 Å². The van der Waals surface area contributed by atoms with Gasteiger partial charge in [0.15, 0.2) is 0 Å². The molecule has 0 saturated carbocycles. The van der Waals surface area contributed by atoms with Crippen molar-refractivity contribution in [2.45, 2.75) is 19.4 Å². The van der Waals surface area contributed by atoms with Crippen LogP contribution >= 0.6 is 0 Å². The molecule has 0 spiro atoms. The van der Waals surface area contributed by atoms with Gasteiger partial charge in [0, 0.05) is 6.04 Å². The Kier molecular flexibility index (Phi) is 4.95. The number of hydrogen-bond donors (Lipinski definition) is 3. The minimum absolute atomic E-state index is 0.0428. The average molecular weight is 118 g/mol. The maximum Gasteiger partial charge on any atom is 0.0933 e. The SMILES string of the molecule is CC(CCN)NCO. The summed E-state index contributed by atoms with van der Waals surface area (Å²) in [6.45, 7) is 2.71. The first kappa shape index (κ1) is 7.88. The Morgan fingerprint density at radius 3 is 2.75 bits per heavy atom. The number of rotatable bonds is 4. The Balaban J connectivity index is 2.92. The van der Waals surface area contributed by atoms with Gasteiger partial charge in [-0.05, 0) is 19.9 Å². The standard InChI is InChI=1S/C5H14N2O/c1-5(2-3-6)7-4-8/h5,7-8H,2-4,6H2,1H3. The predicted octanol–water partition coefficient (Wildman–Crippen LogP) is -0.737. The van der Waals surface area contributed by atoms with Crippen LogP contribution in [0.1, 0.15) is 13.3 Å². The summed E-state index contributed by atoms with van der Waals surface area (Å²) >= 11 is 0. The van der Waals surface area contributed by atoms with Crippen LogP contribution in [0.15, 0.2) is 0 Å². The van der Waals surface area contributed by atoms with Crippen LogP contribution in [-0.4, -0.2) is 24.4 Å². The third-order valence-corrected chi connectivity index (χ3v) is 1.04. The molecule has 3 nitrogen and oxygen atoms in total. The van der Waals surface area contributed by atoms with E-state index >= 15 is 0 Å². The third-order valence-electron chi connectivity index (χ3n) is 1.04. The molecule has 4 N–H and O–H groups in total. The zero-order valence-corrected chi connectivity index (χ0v) is 5.22. The second-order valence-corrected chi connectivity index (χ2v) is 1.84. The highest BCUT2D eigenvalue weighted by molar-refractivity contribution is 4.56. The third kappa shape index (κ3) is 4.05. The topological polar surface area (TPSA) is 58.3 Å². The zero-order valence-electron chi connectivity index (χ0n) is 5.22. The van der Waals surface area contributed by atoms with E-state index in [0.29, 0.717) is 12.6 Å². The van der Waals surface area contributed by atoms with E-state index in [-0.39, 0.29) is 6.73 Å². The van der Waals surface area contributed by atoms with Crippen LogP contribution in [0.2, 0.25) is 0 Å². The molecular weight excluding hydrogens is 104 g/mol. The summed E-state index contributed by atoms with van der Waals surface area (Å²) in [5.41, 5.74) is 5.24. The van der Waals surface area contributed by atoms with Crippen LogP contribution in [-0.2, 0) is 0 Å². The number of hydrogen-bond acceptors (Lipinski definition) is 3. The van der Waals surface area contributed by atoms with Gasteiger partial charge in [0.25, 0.3) is 0 Å². The molecule has 0 aliphatic heterocycles. The fourth-order valence-corrected chi connectivity index (χ4v) is 0.508. The molecular formula is C5H14N2O. The van der Waals surface area contributed by atoms with Gasteiger partial charge >= 0.3 is 0 Å². The summed E-state index contributed by atoms with van der Waals surface area (Å²) in [4.78, 5) is 0. The first-order chi connectivity index (χ1) is 3.81. The lowest BCUT2D eigenvalue weighted by molar-refractivity contribution is 0.242. The number of aliphatic hydroxyl groups is 1. The number of aliphatic hydroxyl groups excluding tert-OH is 1. The van der Waals surface area contributed by atoms with Gasteiger partial charge in [0.05, 0.1) is 6.73 Å². The monoisotopic (exact) mass is 118 g/mol. The normalized spacial score (nSPS) is 13.9. The summed E-state index contributed by atoms with van der Waals surface area (Å²) in [5.74, 6) is 0. The number of nitrogens with two attached hydrogens (primary N) is 1. The van der Waals surface area contributed by atoms with Crippen LogP contribution in [0.3, 0.4) is 0 Å². The van der Waals surface area contributed by atoms with Crippen molar-refractivity contribution in [1.82, 2.24) is 5.32 Å². The second-order valence-electron chi connectivity index (χ2n) is 1.84. The van der Waals surface area contributed by atoms with Gasteiger partial charge in [-0.2, -0.15) is 0 Å². The van der Waals surface area contributed by atoms with Crippen LogP contribution in [0.25, 0.3) is 0 Å². The summed E-state index contributed by atoms with van der Waals surface area (Å²) in [6, 6.07) is 0.338. The molecule has 0 aliphatic carbocycles. The molecule has 0 saturated heterocycles. The van der Waals surface area contributed by atoms with E-state index < -0.39 is 0 Å². The molecule has 1 unspecified atom stereocenters. The average Bonchev–Trinajstić information content (AvgIpc) is 1.68. The maximum atomic E-state index is 8.31. The smallest absolute Gasteiger partial charge is 0.0933 e. The van der Waals surface area contributed by atoms with Crippen molar-refractivity contribution in [3.05, 3.63) is 0 Å². The van der Waals surface area contributed by atoms with Gasteiger partial charge < -0.3 is 10.8 Å². The molecule has 0 rings (SSSR count). The lowest BCUT2D eigenvalue weighted by atomic mass is 10.2. The molecule has 50 valence electrons. The first-order valence-corrected chi connectivity index (χ1v) is 2.85. The van der Waals surface area contributed by atoms with E-state index in [1.807, 2.05) is 6.92 Å². The lowest BCUT2D eigenvalue weighted by Crippen LogP contribution is -2.28. The minimum Gasteiger partial charge on any atom is -0.381 e. The van der Waals surface area contributed by atoms with Gasteiger partial charge in [0.2, 0.25) is 0 Å². The van der Waals surface area contributed by atoms with Crippen molar-refractivity contribution in [2.24, 2.45) is 5.73 Å². The Morgan fingerprint density at radius 1 is 1.75 bits per heavy atom. The Labute approximate surface area is 49.9 Å². The fraction of sp³-hybridized carbons (Fsp3) is 1.00. The fourth-order valence-electron chi connectivity index (χ4n) is 0.508. The minimum atomic E-state index is 0.0428. The van der Waals surface area contributed by atoms with Crippen molar-refractivity contribution in [2.75, 3.05) is 13.3 Å². The van der Waals surface area contributed by atoms with Crippen molar-refractivity contribution in [3.63, 3.8) is 0 Å². The van der Waals surface area contributed by atoms with E-state index in [0.717, 1.165) is 6.42 Å². The largest absolute Gasteiger partial charge is 0.381 e. The molecule has 0 amide bonds. The van der Waals surface area contributed by atoms with Crippen molar-refractivity contribution < 1.29 is 5.11 Å². The van der Waals surface area contributed by atoms with Crippen LogP contribution in [0, 0.1) is 0 Å². The van der Waals surface area contributed by atoms with Crippen LogP contribution in [0.4, 0.5) is 0 Å². The second kappa shape index (κ2) is 5.03. The predicted molar refractivity (Wildman–Crippen MR) is 33.4 cm³/mol. The van der Waals surface area contributed by atoms with Gasteiger partial charge in [-0.25, -0.2) is 0 Å². The van der Waals surface area contributed by atoms with Gasteiger partial charge in [-0.15, -0.1) is 0 Å². The van der Waals surface area contributed by atoms with Crippen molar-refractivity contribution in [1.29, 1.82) is 0 Å². The molecule has 0 aromatic heterocycles. The van der Waals surface area contributed by atoms with E-state index in [2.05, 4.69) is 5.32 Å². The highest BCUT2D eigenvalue weighted by atomic mass is 16.3. The van der Waals surface area contributed by atoms with Gasteiger partial charge in [0.1, 0.15) is 0 Å². The molecule has 0 aromatic carbocycles. The molecule has 0 aromatic rings. The Bertz CT molecular complexity index is 43.7. The van der Waals surface area contributed by atoms with Gasteiger partial charge in [-0.3, -0.25) is 5.32 Å². The summed E-state index contributed by atoms with van der Waals surface area (Å²) < 4.78 is 0. The lowest BCUT2D eigenvalue weighted by Gasteiger charge is -2.08. The Morgan fingerprint density at radius 2 is 2.38 bits per heavy atom. The quantitative estimate of drug-likeness (QED) is 0.426. The maximum absolute atomic E-state index is 8.31. The molecule has 1 atom stereocenters. The molecule has 3 heteroatoms. The molecule has 0 aliphatic rings. The summed E-state index contributed by atoms with van der Waals surface area (Å²) in [7, 11) is 0. The van der Waals surface area contributed by atoms with E-state index in [9.17, 15) is 0 Å². The Hall–Kier alpha value is -0.120. The van der Waals surface area contributed by atoms with E-state index in [1.54, 1.807) is 0 Å². The highest BCUT2D eigenvalue weighted by Crippen LogP contribution is 1.83. The highest BCUT2D eigenvalue weighted by Gasteiger charge is 1.94. The van der Waals surface area contributed by atoms with Gasteiger partial charge in [-0.1, -0.05) is 0 Å². The van der Waals surface area contributed by atoms with E-state index in [4.69, 9.17) is 10.8 Å². The molecule has 0 fully saturated rings. The molecule has 0 bridgehead atoms. The summed E-state index contributed by atoms with van der Waals surface area (Å²) in [5, 5.41) is 11.1. The van der Waals surface area contributed by atoms with E-state index in [1.165, 1.54) is 0 Å². The van der Waals surface area contributed by atoms with Crippen LogP contribution in [0.5, 0.6) is 0 Å². The molecule has 0 heterocycles. The molecule has 0 radical (unpaired) electrons. The molecule has 8 heavy (non-hydrogen) atoms. The van der Waals surface area contributed by atoms with Crippen molar-refractivity contribution in [3.8, 4) is 0 Å². The summed E-state index contributed by atoms with van der Waals surface area (Å²) in [6.07, 6.45) is 0.917. The number of nitrogens with one attached hydrogen (secondary N) is 1. The first-order valence-electron chi connectivity index (χ1n) is 2.85. The zero-order chi connectivity index (χ0) is 6.41. The van der Waals surface area contributed by atoms with Crippen molar-refractivity contribution >= 4 is 0 Å².